The number of hydrogen-bond acceptors (Lipinski definition) is 1. The molecule has 0 saturated heterocycles. The van der Waals surface area contributed by atoms with Crippen LogP contribution < -0.4 is 6.15 Å². The van der Waals surface area contributed by atoms with E-state index in [1.807, 2.05) is 6.92 Å². The topological polar surface area (TPSA) is 35.0 Å². The van der Waals surface area contributed by atoms with Crippen LogP contribution in [-0.4, -0.2) is 5.88 Å². The van der Waals surface area contributed by atoms with Gasteiger partial charge in [-0.3, -0.25) is 0 Å². The quantitative estimate of drug-likeness (QED) is 0.483. The molecule has 0 saturated carbocycles. The van der Waals surface area contributed by atoms with Crippen LogP contribution in [0, 0.1) is 0 Å². The van der Waals surface area contributed by atoms with Gasteiger partial charge in [0, 0.05) is 5.88 Å². The minimum Gasteiger partial charge on any atom is -0.344 e. The van der Waals surface area contributed by atoms with Crippen molar-refractivity contribution in [1.82, 2.24) is 6.15 Å². The summed E-state index contributed by atoms with van der Waals surface area (Å²) < 4.78 is 0. The molecular formula is C2H9Cl2N. The van der Waals surface area contributed by atoms with Crippen molar-refractivity contribution in [2.75, 3.05) is 5.88 Å². The Kier molecular flexibility index (Phi) is 84.9. The van der Waals surface area contributed by atoms with Gasteiger partial charge in [-0.2, -0.15) is 0 Å². The fraction of sp³-hybridized carbons (Fsp3) is 1.00. The molecule has 3 N–H and O–H groups in total. The van der Waals surface area contributed by atoms with Gasteiger partial charge in [-0.1, -0.05) is 6.92 Å². The summed E-state index contributed by atoms with van der Waals surface area (Å²) in [5, 5.41) is 0. The molecule has 0 aromatic rings. The van der Waals surface area contributed by atoms with Crippen molar-refractivity contribution >= 4 is 24.0 Å². The Bertz CT molecular complexity index is 7.61. The Morgan fingerprint density at radius 3 is 1.60 bits per heavy atom. The minimum atomic E-state index is 0. The van der Waals surface area contributed by atoms with Gasteiger partial charge in [-0.05, 0) is 0 Å². The van der Waals surface area contributed by atoms with Gasteiger partial charge >= 0.3 is 0 Å². The average Bonchev–Trinajstić information content (AvgIpc) is 0.918. The standard InChI is InChI=1S/C2H5Cl.ClH.H3N/c1-2-3;;/h2H2,1H3;1H;1H3. The van der Waals surface area contributed by atoms with Crippen molar-refractivity contribution in [3.05, 3.63) is 0 Å². The fourth-order valence-corrected chi connectivity index (χ4v) is 0. The average molecular weight is 118 g/mol. The maximum Gasteiger partial charge on any atom is 0.0195 e. The molecule has 0 aliphatic heterocycles. The van der Waals surface area contributed by atoms with E-state index in [0.29, 0.717) is 0 Å². The molecule has 0 atom stereocenters. The van der Waals surface area contributed by atoms with Crippen LogP contribution in [0.1, 0.15) is 6.92 Å². The Morgan fingerprint density at radius 1 is 1.60 bits per heavy atom. The predicted octanol–water partition coefficient (Wildman–Crippen LogP) is 1.83. The van der Waals surface area contributed by atoms with E-state index < -0.39 is 0 Å². The summed E-state index contributed by atoms with van der Waals surface area (Å²) in [7, 11) is 0. The second-order valence-corrected chi connectivity index (χ2v) is 0.802. The first-order valence-corrected chi connectivity index (χ1v) is 1.51. The zero-order valence-corrected chi connectivity index (χ0v) is 4.77. The van der Waals surface area contributed by atoms with Gasteiger partial charge in [0.2, 0.25) is 0 Å². The smallest absolute Gasteiger partial charge is 0.0195 e. The molecule has 3 heteroatoms. The Morgan fingerprint density at radius 2 is 1.60 bits per heavy atom. The van der Waals surface area contributed by atoms with Crippen LogP contribution in [0.2, 0.25) is 0 Å². The summed E-state index contributed by atoms with van der Waals surface area (Å²) in [6, 6.07) is 0. The minimum absolute atomic E-state index is 0. The van der Waals surface area contributed by atoms with Crippen molar-refractivity contribution in [3.63, 3.8) is 0 Å². The molecule has 0 aromatic carbocycles. The molecule has 0 aromatic heterocycles. The van der Waals surface area contributed by atoms with Crippen LogP contribution in [-0.2, 0) is 0 Å². The highest BCUT2D eigenvalue weighted by Crippen LogP contribution is 1.59. The predicted molar refractivity (Wildman–Crippen MR) is 28.7 cm³/mol. The van der Waals surface area contributed by atoms with E-state index in [0.717, 1.165) is 5.88 Å². The molecule has 0 unspecified atom stereocenters. The highest BCUT2D eigenvalue weighted by atomic mass is 35.5. The Hall–Kier alpha value is 0.540. The summed E-state index contributed by atoms with van der Waals surface area (Å²) in [5.41, 5.74) is 0. The molecular weight excluding hydrogens is 109 g/mol. The van der Waals surface area contributed by atoms with E-state index in [-0.39, 0.29) is 18.6 Å². The second kappa shape index (κ2) is 24.0. The van der Waals surface area contributed by atoms with E-state index in [2.05, 4.69) is 0 Å². The first kappa shape index (κ1) is 17.7. The van der Waals surface area contributed by atoms with E-state index in [4.69, 9.17) is 11.6 Å². The summed E-state index contributed by atoms with van der Waals surface area (Å²) in [6.07, 6.45) is 0. The van der Waals surface area contributed by atoms with E-state index in [9.17, 15) is 0 Å². The number of halogens is 2. The van der Waals surface area contributed by atoms with Gasteiger partial charge in [0.1, 0.15) is 0 Å². The zero-order valence-electron chi connectivity index (χ0n) is 3.20. The summed E-state index contributed by atoms with van der Waals surface area (Å²) >= 11 is 5.00. The van der Waals surface area contributed by atoms with Crippen molar-refractivity contribution in [1.29, 1.82) is 0 Å². The first-order chi connectivity index (χ1) is 1.41. The Balaban J connectivity index is -0.0000000200. The molecule has 36 valence electrons. The summed E-state index contributed by atoms with van der Waals surface area (Å²) in [6.45, 7) is 1.89. The van der Waals surface area contributed by atoms with Crippen molar-refractivity contribution < 1.29 is 0 Å². The summed E-state index contributed by atoms with van der Waals surface area (Å²) in [4.78, 5) is 0. The molecule has 0 fully saturated rings. The van der Waals surface area contributed by atoms with Crippen LogP contribution in [0.15, 0.2) is 0 Å². The van der Waals surface area contributed by atoms with Crippen molar-refractivity contribution in [3.8, 4) is 0 Å². The van der Waals surface area contributed by atoms with Crippen LogP contribution >= 0.6 is 24.0 Å². The molecule has 0 rings (SSSR count). The molecule has 0 amide bonds. The van der Waals surface area contributed by atoms with Crippen LogP contribution in [0.4, 0.5) is 0 Å². The van der Waals surface area contributed by atoms with Crippen molar-refractivity contribution in [2.45, 2.75) is 6.92 Å². The zero-order chi connectivity index (χ0) is 2.71. The van der Waals surface area contributed by atoms with Gasteiger partial charge in [0.25, 0.3) is 0 Å². The third kappa shape index (κ3) is 100. The third-order valence-electron chi connectivity index (χ3n) is 0. The molecule has 0 spiro atoms. The number of alkyl halides is 1. The van der Waals surface area contributed by atoms with Gasteiger partial charge < -0.3 is 6.15 Å². The first-order valence-electron chi connectivity index (χ1n) is 0.974. The van der Waals surface area contributed by atoms with E-state index >= 15 is 0 Å². The third-order valence-corrected chi connectivity index (χ3v) is 0. The normalized spacial score (nSPS) is 3.60. The molecule has 0 heterocycles. The van der Waals surface area contributed by atoms with E-state index in [1.54, 1.807) is 0 Å². The van der Waals surface area contributed by atoms with Gasteiger partial charge in [-0.25, -0.2) is 0 Å². The van der Waals surface area contributed by atoms with Gasteiger partial charge in [0.15, 0.2) is 0 Å². The molecule has 5 heavy (non-hydrogen) atoms. The maximum absolute atomic E-state index is 5.00. The fourth-order valence-electron chi connectivity index (χ4n) is 0. The molecule has 0 aliphatic rings. The van der Waals surface area contributed by atoms with Gasteiger partial charge in [0.05, 0.1) is 0 Å². The van der Waals surface area contributed by atoms with E-state index in [1.165, 1.54) is 0 Å². The monoisotopic (exact) mass is 117 g/mol. The number of rotatable bonds is 0. The lowest BCUT2D eigenvalue weighted by Gasteiger charge is -1.45. The highest BCUT2D eigenvalue weighted by Gasteiger charge is 1.38. The lowest BCUT2D eigenvalue weighted by Crippen LogP contribution is -1.36. The Labute approximate surface area is 43.7 Å². The lowest BCUT2D eigenvalue weighted by molar-refractivity contribution is 1.51. The maximum atomic E-state index is 5.00. The van der Waals surface area contributed by atoms with Crippen molar-refractivity contribution in [2.24, 2.45) is 0 Å². The second-order valence-electron chi connectivity index (χ2n) is 0.267. The molecule has 0 aliphatic carbocycles. The highest BCUT2D eigenvalue weighted by molar-refractivity contribution is 6.17. The van der Waals surface area contributed by atoms with Crippen LogP contribution in [0.3, 0.4) is 0 Å². The lowest BCUT2D eigenvalue weighted by atomic mass is 11.0. The number of hydrogen-bond donors (Lipinski definition) is 1. The SMILES string of the molecule is CCCl.Cl.N. The molecule has 0 bridgehead atoms. The van der Waals surface area contributed by atoms with Gasteiger partial charge in [-0.15, -0.1) is 24.0 Å². The molecule has 1 nitrogen and oxygen atoms in total. The molecule has 0 radical (unpaired) electrons. The van der Waals surface area contributed by atoms with Crippen LogP contribution in [0.25, 0.3) is 0 Å². The van der Waals surface area contributed by atoms with Crippen LogP contribution in [0.5, 0.6) is 0 Å². The summed E-state index contributed by atoms with van der Waals surface area (Å²) in [5.74, 6) is 0.722. The largest absolute Gasteiger partial charge is 0.344 e.